The van der Waals surface area contributed by atoms with Gasteiger partial charge in [-0.05, 0) is 54.6 Å². The van der Waals surface area contributed by atoms with Gasteiger partial charge in [-0.2, -0.15) is 0 Å². The number of nitro groups is 1. The first kappa shape index (κ1) is 15.5. The number of nitrogens with one attached hydrogen (secondary N) is 2. The van der Waals surface area contributed by atoms with E-state index in [0.717, 1.165) is 35.2 Å². The highest BCUT2D eigenvalue weighted by atomic mass is 127. The number of anilines is 1. The summed E-state index contributed by atoms with van der Waals surface area (Å²) in [4.78, 5) is 10.3. The number of hydrogen-bond donors (Lipinski definition) is 2. The van der Waals surface area contributed by atoms with Crippen molar-refractivity contribution in [2.45, 2.75) is 18.9 Å². The molecule has 2 N–H and O–H groups in total. The third kappa shape index (κ3) is 4.57. The van der Waals surface area contributed by atoms with Gasteiger partial charge in [-0.25, -0.2) is 0 Å². The Kier molecular flexibility index (Phi) is 5.99. The van der Waals surface area contributed by atoms with Crippen LogP contribution in [0.25, 0.3) is 0 Å². The third-order valence-corrected chi connectivity index (χ3v) is 4.11. The summed E-state index contributed by atoms with van der Waals surface area (Å²) in [6, 6.07) is 4.82. The maximum atomic E-state index is 10.7. The molecule has 0 spiro atoms. The Bertz CT molecular complexity index is 464. The van der Waals surface area contributed by atoms with E-state index < -0.39 is 0 Å². The lowest BCUT2D eigenvalue weighted by molar-refractivity contribution is -0.384. The predicted molar refractivity (Wildman–Crippen MR) is 86.1 cm³/mol. The van der Waals surface area contributed by atoms with E-state index in [0.29, 0.717) is 19.3 Å². The van der Waals surface area contributed by atoms with E-state index in [2.05, 4.69) is 33.2 Å². The first-order chi connectivity index (χ1) is 9.66. The lowest BCUT2D eigenvalue weighted by atomic mass is 10.1. The number of hydrogen-bond acceptors (Lipinski definition) is 5. The molecule has 7 heteroatoms. The topological polar surface area (TPSA) is 76.4 Å². The molecule has 0 amide bonds. The van der Waals surface area contributed by atoms with Crippen LogP contribution in [0.2, 0.25) is 0 Å². The van der Waals surface area contributed by atoms with Crippen molar-refractivity contribution in [1.82, 2.24) is 5.32 Å². The van der Waals surface area contributed by atoms with E-state index in [1.54, 1.807) is 12.1 Å². The zero-order chi connectivity index (χ0) is 14.4. The van der Waals surface area contributed by atoms with Gasteiger partial charge in [-0.3, -0.25) is 10.1 Å². The first-order valence-corrected chi connectivity index (χ1v) is 7.75. The van der Waals surface area contributed by atoms with Gasteiger partial charge in [0.25, 0.3) is 5.69 Å². The number of nitrogens with zero attached hydrogens (tertiary/aromatic N) is 1. The van der Waals surface area contributed by atoms with E-state index >= 15 is 0 Å². The summed E-state index contributed by atoms with van der Waals surface area (Å²) in [5, 5.41) is 17.2. The van der Waals surface area contributed by atoms with Crippen molar-refractivity contribution in [3.05, 3.63) is 31.9 Å². The van der Waals surface area contributed by atoms with Crippen LogP contribution in [-0.2, 0) is 4.74 Å². The Morgan fingerprint density at radius 3 is 2.85 bits per heavy atom. The molecule has 20 heavy (non-hydrogen) atoms. The fourth-order valence-corrected chi connectivity index (χ4v) is 2.82. The summed E-state index contributed by atoms with van der Waals surface area (Å²) in [6.07, 6.45) is 2.48. The van der Waals surface area contributed by atoms with E-state index in [1.165, 1.54) is 6.07 Å². The Labute approximate surface area is 131 Å². The molecule has 0 aliphatic carbocycles. The highest BCUT2D eigenvalue weighted by Crippen LogP contribution is 2.23. The number of nitro benzene ring substituents is 1. The van der Waals surface area contributed by atoms with E-state index in [4.69, 9.17) is 4.74 Å². The number of piperidine rings is 1. The molecule has 6 nitrogen and oxygen atoms in total. The van der Waals surface area contributed by atoms with Gasteiger partial charge in [0.05, 0.1) is 17.6 Å². The zero-order valence-electron chi connectivity index (χ0n) is 11.1. The van der Waals surface area contributed by atoms with Crippen LogP contribution in [0.15, 0.2) is 18.2 Å². The second kappa shape index (κ2) is 7.75. The second-order valence-electron chi connectivity index (χ2n) is 4.67. The summed E-state index contributed by atoms with van der Waals surface area (Å²) in [5.41, 5.74) is 1.02. The third-order valence-electron chi connectivity index (χ3n) is 3.22. The summed E-state index contributed by atoms with van der Waals surface area (Å²) in [6.45, 7) is 3.41. The van der Waals surface area contributed by atoms with Crippen LogP contribution in [0.5, 0.6) is 0 Å². The van der Waals surface area contributed by atoms with Gasteiger partial charge in [-0.1, -0.05) is 0 Å². The summed E-state index contributed by atoms with van der Waals surface area (Å²) in [7, 11) is 0. The molecule has 1 fully saturated rings. The maximum absolute atomic E-state index is 10.7. The van der Waals surface area contributed by atoms with Gasteiger partial charge in [0.1, 0.15) is 0 Å². The van der Waals surface area contributed by atoms with Gasteiger partial charge in [0, 0.05) is 27.9 Å². The van der Waals surface area contributed by atoms with Gasteiger partial charge < -0.3 is 15.4 Å². The van der Waals surface area contributed by atoms with Gasteiger partial charge in [0.15, 0.2) is 0 Å². The van der Waals surface area contributed by atoms with Crippen LogP contribution < -0.4 is 10.6 Å². The van der Waals surface area contributed by atoms with Crippen molar-refractivity contribution in [3.63, 3.8) is 0 Å². The molecule has 1 heterocycles. The quantitative estimate of drug-likeness (QED) is 0.337. The average molecular weight is 391 g/mol. The van der Waals surface area contributed by atoms with Gasteiger partial charge in [0.2, 0.25) is 0 Å². The Morgan fingerprint density at radius 1 is 1.45 bits per heavy atom. The molecule has 1 saturated heterocycles. The molecule has 2 rings (SSSR count). The van der Waals surface area contributed by atoms with Crippen molar-refractivity contribution in [1.29, 1.82) is 0 Å². The maximum Gasteiger partial charge on any atom is 0.270 e. The fraction of sp³-hybridized carbons (Fsp3) is 0.538. The van der Waals surface area contributed by atoms with Crippen molar-refractivity contribution < 1.29 is 9.66 Å². The van der Waals surface area contributed by atoms with Crippen LogP contribution in [0, 0.1) is 13.7 Å². The van der Waals surface area contributed by atoms with Crippen molar-refractivity contribution >= 4 is 34.0 Å². The Morgan fingerprint density at radius 2 is 2.20 bits per heavy atom. The number of benzene rings is 1. The predicted octanol–water partition coefficient (Wildman–Crippen LogP) is 2.38. The lowest BCUT2D eigenvalue weighted by Crippen LogP contribution is -2.33. The molecule has 1 aromatic rings. The highest BCUT2D eigenvalue weighted by Gasteiger charge is 2.13. The minimum absolute atomic E-state index is 0.117. The lowest BCUT2D eigenvalue weighted by Gasteiger charge is -2.23. The van der Waals surface area contributed by atoms with E-state index in [9.17, 15) is 10.1 Å². The Balaban J connectivity index is 1.74. The first-order valence-electron chi connectivity index (χ1n) is 6.67. The molecule has 0 bridgehead atoms. The molecule has 1 aromatic carbocycles. The van der Waals surface area contributed by atoms with E-state index in [1.807, 2.05) is 0 Å². The summed E-state index contributed by atoms with van der Waals surface area (Å²) >= 11 is 2.10. The molecule has 0 aromatic heterocycles. The summed E-state index contributed by atoms with van der Waals surface area (Å²) < 4.78 is 6.64. The molecule has 0 unspecified atom stereocenters. The fourth-order valence-electron chi connectivity index (χ4n) is 2.13. The molecular formula is C13H18IN3O3. The smallest absolute Gasteiger partial charge is 0.270 e. The standard InChI is InChI=1S/C13H18IN3O3/c14-12-9-10(17(18)19)1-2-13(12)16-7-8-20-11-3-5-15-6-4-11/h1-2,9,11,15-16H,3-8H2. The molecule has 0 atom stereocenters. The van der Waals surface area contributed by atoms with Crippen LogP contribution in [-0.4, -0.2) is 37.3 Å². The van der Waals surface area contributed by atoms with Crippen LogP contribution in [0.3, 0.4) is 0 Å². The van der Waals surface area contributed by atoms with Crippen LogP contribution >= 0.6 is 22.6 Å². The average Bonchev–Trinajstić information content (AvgIpc) is 2.46. The normalized spacial score (nSPS) is 16.1. The SMILES string of the molecule is O=[N+]([O-])c1ccc(NCCOC2CCNCC2)c(I)c1. The number of non-ortho nitro benzene ring substituents is 1. The molecule has 0 saturated carbocycles. The second-order valence-corrected chi connectivity index (χ2v) is 5.83. The highest BCUT2D eigenvalue weighted by molar-refractivity contribution is 14.1. The van der Waals surface area contributed by atoms with Crippen LogP contribution in [0.4, 0.5) is 11.4 Å². The Hall–Kier alpha value is -0.930. The zero-order valence-corrected chi connectivity index (χ0v) is 13.3. The van der Waals surface area contributed by atoms with Crippen molar-refractivity contribution in [3.8, 4) is 0 Å². The molecule has 1 aliphatic rings. The minimum Gasteiger partial charge on any atom is -0.382 e. The molecule has 1 aliphatic heterocycles. The van der Waals surface area contributed by atoms with Crippen molar-refractivity contribution in [2.24, 2.45) is 0 Å². The summed E-state index contributed by atoms with van der Waals surface area (Å²) in [5.74, 6) is 0. The monoisotopic (exact) mass is 391 g/mol. The van der Waals surface area contributed by atoms with Gasteiger partial charge >= 0.3 is 0 Å². The minimum atomic E-state index is -0.383. The molecular weight excluding hydrogens is 373 g/mol. The largest absolute Gasteiger partial charge is 0.382 e. The molecule has 110 valence electrons. The van der Waals surface area contributed by atoms with Gasteiger partial charge in [-0.15, -0.1) is 0 Å². The number of ether oxygens (including phenoxy) is 1. The van der Waals surface area contributed by atoms with E-state index in [-0.39, 0.29) is 10.6 Å². The number of halogens is 1. The molecule has 0 radical (unpaired) electrons. The van der Waals surface area contributed by atoms with Crippen LogP contribution in [0.1, 0.15) is 12.8 Å². The number of rotatable bonds is 6. The van der Waals surface area contributed by atoms with Crippen molar-refractivity contribution in [2.75, 3.05) is 31.6 Å².